The fraction of sp³-hybridized carbons (Fsp3) is 0.174. The van der Waals surface area contributed by atoms with Crippen LogP contribution in [0.3, 0.4) is 0 Å². The van der Waals surface area contributed by atoms with Crippen LogP contribution in [-0.4, -0.2) is 37.4 Å². The second kappa shape index (κ2) is 9.61. The predicted molar refractivity (Wildman–Crippen MR) is 126 cm³/mol. The number of hydrogen-bond acceptors (Lipinski definition) is 6. The Balaban J connectivity index is 1.45. The molecule has 0 aliphatic carbocycles. The summed E-state index contributed by atoms with van der Waals surface area (Å²) in [5.41, 5.74) is 4.92. The zero-order valence-electron chi connectivity index (χ0n) is 17.7. The van der Waals surface area contributed by atoms with Crippen molar-refractivity contribution in [1.29, 1.82) is 0 Å². The number of amides is 2. The molecule has 0 saturated carbocycles. The van der Waals surface area contributed by atoms with Crippen molar-refractivity contribution in [2.24, 2.45) is 0 Å². The van der Waals surface area contributed by atoms with Crippen molar-refractivity contribution < 1.29 is 9.59 Å². The molecule has 4 aromatic rings. The van der Waals surface area contributed by atoms with Gasteiger partial charge in [0.2, 0.25) is 17.0 Å². The Labute approximate surface area is 189 Å². The van der Waals surface area contributed by atoms with E-state index in [1.54, 1.807) is 28.8 Å². The van der Waals surface area contributed by atoms with Crippen molar-refractivity contribution in [1.82, 2.24) is 19.8 Å². The molecule has 0 unspecified atom stereocenters. The van der Waals surface area contributed by atoms with Gasteiger partial charge in [-0.1, -0.05) is 49.0 Å². The lowest BCUT2D eigenvalue weighted by Gasteiger charge is -2.07. The monoisotopic (exact) mass is 446 g/mol. The Morgan fingerprint density at radius 2 is 1.72 bits per heavy atom. The van der Waals surface area contributed by atoms with Gasteiger partial charge in [0, 0.05) is 23.9 Å². The number of rotatable bonds is 7. The van der Waals surface area contributed by atoms with Crippen LogP contribution in [0, 0.1) is 0 Å². The summed E-state index contributed by atoms with van der Waals surface area (Å²) in [5, 5.41) is 19.0. The lowest BCUT2D eigenvalue weighted by atomic mass is 10.1. The molecule has 0 spiro atoms. The molecule has 32 heavy (non-hydrogen) atoms. The molecule has 8 nitrogen and oxygen atoms in total. The van der Waals surface area contributed by atoms with Crippen molar-refractivity contribution in [3.05, 3.63) is 66.2 Å². The average Bonchev–Trinajstić information content (AvgIpc) is 3.20. The Morgan fingerprint density at radius 3 is 2.44 bits per heavy atom. The highest BCUT2D eigenvalue weighted by molar-refractivity contribution is 7.99. The Morgan fingerprint density at radius 1 is 0.969 bits per heavy atom. The molecule has 2 amide bonds. The molecule has 2 aromatic carbocycles. The third kappa shape index (κ3) is 5.12. The first kappa shape index (κ1) is 21.5. The van der Waals surface area contributed by atoms with Crippen LogP contribution in [0.15, 0.2) is 65.8 Å². The number of nitrogens with zero attached hydrogens (tertiary/aromatic N) is 4. The molecule has 2 N–H and O–H groups in total. The van der Waals surface area contributed by atoms with Crippen LogP contribution >= 0.6 is 11.8 Å². The number of aryl methyl sites for hydroxylation is 1. The van der Waals surface area contributed by atoms with Gasteiger partial charge in [-0.3, -0.25) is 9.59 Å². The smallest absolute Gasteiger partial charge is 0.234 e. The number of nitrogens with one attached hydrogen (secondary N) is 2. The molecule has 162 valence electrons. The lowest BCUT2D eigenvalue weighted by molar-refractivity contribution is -0.114. The highest BCUT2D eigenvalue weighted by atomic mass is 32.2. The maximum Gasteiger partial charge on any atom is 0.234 e. The molecule has 0 aliphatic heterocycles. The van der Waals surface area contributed by atoms with E-state index in [4.69, 9.17) is 0 Å². The predicted octanol–water partition coefficient (Wildman–Crippen LogP) is 4.04. The van der Waals surface area contributed by atoms with Crippen LogP contribution in [0.25, 0.3) is 16.9 Å². The van der Waals surface area contributed by atoms with Gasteiger partial charge in [0.15, 0.2) is 5.65 Å². The van der Waals surface area contributed by atoms with Crippen molar-refractivity contribution in [3.8, 4) is 11.3 Å². The molecule has 0 fully saturated rings. The number of benzene rings is 2. The number of fused-ring (bicyclic) bond motifs is 1. The Bertz CT molecular complexity index is 1270. The quantitative estimate of drug-likeness (QED) is 0.416. The molecule has 0 aliphatic rings. The first-order valence-corrected chi connectivity index (χ1v) is 11.1. The summed E-state index contributed by atoms with van der Waals surface area (Å²) in [6, 6.07) is 19.0. The fourth-order valence-electron chi connectivity index (χ4n) is 3.13. The molecule has 2 aromatic heterocycles. The normalized spacial score (nSPS) is 10.8. The highest BCUT2D eigenvalue weighted by Crippen LogP contribution is 2.22. The second-order valence-electron chi connectivity index (χ2n) is 7.12. The van der Waals surface area contributed by atoms with E-state index in [2.05, 4.69) is 45.0 Å². The molecule has 2 heterocycles. The Kier molecular flexibility index (Phi) is 6.46. The summed E-state index contributed by atoms with van der Waals surface area (Å²) < 4.78 is 1.65. The topological polar surface area (TPSA) is 101 Å². The lowest BCUT2D eigenvalue weighted by Crippen LogP contribution is -2.15. The van der Waals surface area contributed by atoms with Gasteiger partial charge in [-0.25, -0.2) is 0 Å². The average molecular weight is 447 g/mol. The summed E-state index contributed by atoms with van der Waals surface area (Å²) in [4.78, 5) is 23.6. The number of thioether (sulfide) groups is 1. The van der Waals surface area contributed by atoms with Gasteiger partial charge < -0.3 is 10.6 Å². The summed E-state index contributed by atoms with van der Waals surface area (Å²) in [5.74, 6) is -0.226. The first-order chi connectivity index (χ1) is 15.5. The van der Waals surface area contributed by atoms with E-state index in [1.165, 1.54) is 24.2 Å². The SMILES string of the molecule is CCc1ccc(-c2ccc3nnc(SCC(=O)Nc4cccc(NC(C)=O)c4)n3n2)cc1. The zero-order chi connectivity index (χ0) is 22.5. The van der Waals surface area contributed by atoms with E-state index in [-0.39, 0.29) is 17.6 Å². The van der Waals surface area contributed by atoms with E-state index < -0.39 is 0 Å². The molecule has 9 heteroatoms. The van der Waals surface area contributed by atoms with Gasteiger partial charge in [-0.05, 0) is 42.3 Å². The van der Waals surface area contributed by atoms with Gasteiger partial charge >= 0.3 is 0 Å². The van der Waals surface area contributed by atoms with Crippen LogP contribution in [0.2, 0.25) is 0 Å². The molecule has 0 bridgehead atoms. The number of anilines is 2. The van der Waals surface area contributed by atoms with E-state index >= 15 is 0 Å². The maximum absolute atomic E-state index is 12.4. The van der Waals surface area contributed by atoms with Crippen LogP contribution in [0.4, 0.5) is 11.4 Å². The van der Waals surface area contributed by atoms with Crippen LogP contribution in [-0.2, 0) is 16.0 Å². The minimum Gasteiger partial charge on any atom is -0.326 e. The van der Waals surface area contributed by atoms with Gasteiger partial charge in [-0.2, -0.15) is 9.61 Å². The van der Waals surface area contributed by atoms with E-state index in [1.807, 2.05) is 24.3 Å². The fourth-order valence-corrected chi connectivity index (χ4v) is 3.82. The van der Waals surface area contributed by atoms with E-state index in [0.717, 1.165) is 17.7 Å². The van der Waals surface area contributed by atoms with Crippen LogP contribution in [0.1, 0.15) is 19.4 Å². The van der Waals surface area contributed by atoms with E-state index in [0.29, 0.717) is 22.2 Å². The molecule has 4 rings (SSSR count). The third-order valence-electron chi connectivity index (χ3n) is 4.69. The van der Waals surface area contributed by atoms with Crippen LogP contribution < -0.4 is 10.6 Å². The van der Waals surface area contributed by atoms with Gasteiger partial charge in [0.1, 0.15) is 0 Å². The van der Waals surface area contributed by atoms with Crippen molar-refractivity contribution in [3.63, 3.8) is 0 Å². The number of hydrogen-bond donors (Lipinski definition) is 2. The summed E-state index contributed by atoms with van der Waals surface area (Å²) in [6.45, 7) is 3.56. The third-order valence-corrected chi connectivity index (χ3v) is 5.61. The molecule has 0 atom stereocenters. The maximum atomic E-state index is 12.4. The van der Waals surface area contributed by atoms with Gasteiger partial charge in [0.05, 0.1) is 11.4 Å². The highest BCUT2D eigenvalue weighted by Gasteiger charge is 2.12. The Hall–Kier alpha value is -3.72. The molecule has 0 saturated heterocycles. The summed E-state index contributed by atoms with van der Waals surface area (Å²) >= 11 is 1.25. The van der Waals surface area contributed by atoms with Crippen molar-refractivity contribution in [2.45, 2.75) is 25.4 Å². The van der Waals surface area contributed by atoms with Crippen molar-refractivity contribution >= 4 is 40.6 Å². The molecule has 0 radical (unpaired) electrons. The minimum atomic E-state index is -0.196. The zero-order valence-corrected chi connectivity index (χ0v) is 18.5. The number of carbonyl (C=O) groups excluding carboxylic acids is 2. The summed E-state index contributed by atoms with van der Waals surface area (Å²) in [7, 11) is 0. The van der Waals surface area contributed by atoms with Gasteiger partial charge in [0.25, 0.3) is 0 Å². The standard InChI is InChI=1S/C23H22N6O2S/c1-3-16-7-9-17(10-8-16)20-11-12-21-26-27-23(29(21)28-20)32-14-22(31)25-19-6-4-5-18(13-19)24-15(2)30/h4-13H,3,14H2,1-2H3,(H,24,30)(H,25,31). The first-order valence-electron chi connectivity index (χ1n) is 10.1. The largest absolute Gasteiger partial charge is 0.326 e. The second-order valence-corrected chi connectivity index (χ2v) is 8.06. The minimum absolute atomic E-state index is 0.141. The molecular weight excluding hydrogens is 424 g/mol. The number of aromatic nitrogens is 4. The van der Waals surface area contributed by atoms with Crippen molar-refractivity contribution in [2.75, 3.05) is 16.4 Å². The van der Waals surface area contributed by atoms with Gasteiger partial charge in [-0.15, -0.1) is 10.2 Å². The summed E-state index contributed by atoms with van der Waals surface area (Å²) in [6.07, 6.45) is 0.985. The van der Waals surface area contributed by atoms with E-state index in [9.17, 15) is 9.59 Å². The number of carbonyl (C=O) groups is 2. The molecular formula is C23H22N6O2S. The van der Waals surface area contributed by atoms with Crippen LogP contribution in [0.5, 0.6) is 0 Å².